The third-order valence-corrected chi connectivity index (χ3v) is 5.91. The van der Waals surface area contributed by atoms with E-state index in [1.165, 1.54) is 10.9 Å². The predicted molar refractivity (Wildman–Crippen MR) is 134 cm³/mol. The molecule has 3 N–H and O–H groups in total. The molecule has 1 saturated heterocycles. The Hall–Kier alpha value is -3.55. The number of benzene rings is 1. The number of carbonyl (C=O) groups excluding carboxylic acids is 1. The average Bonchev–Trinajstić information content (AvgIpc) is 3.28. The third kappa shape index (κ3) is 6.03. The van der Waals surface area contributed by atoms with E-state index in [1.807, 2.05) is 36.1 Å². The Morgan fingerprint density at radius 3 is 2.70 bits per heavy atom. The van der Waals surface area contributed by atoms with Gasteiger partial charge in [-0.1, -0.05) is 24.3 Å². The van der Waals surface area contributed by atoms with Crippen LogP contribution < -0.4 is 15.5 Å². The van der Waals surface area contributed by atoms with Crippen LogP contribution in [0.2, 0.25) is 0 Å². The molecule has 0 saturated carbocycles. The van der Waals surface area contributed by atoms with Crippen molar-refractivity contribution in [2.75, 3.05) is 50.7 Å². The fourth-order valence-electron chi connectivity index (χ4n) is 4.14. The third-order valence-electron chi connectivity index (χ3n) is 5.91. The van der Waals surface area contributed by atoms with E-state index in [-0.39, 0.29) is 5.91 Å². The maximum Gasteiger partial charge on any atom is 0.224 e. The van der Waals surface area contributed by atoms with Crippen molar-refractivity contribution in [2.24, 2.45) is 4.99 Å². The molecule has 8 nitrogen and oxygen atoms in total. The van der Waals surface area contributed by atoms with Crippen LogP contribution in [0, 0.1) is 0 Å². The minimum atomic E-state index is 0.161. The summed E-state index contributed by atoms with van der Waals surface area (Å²) in [6.45, 7) is 7.14. The highest BCUT2D eigenvalue weighted by atomic mass is 16.2. The smallest absolute Gasteiger partial charge is 0.224 e. The van der Waals surface area contributed by atoms with Crippen LogP contribution >= 0.6 is 0 Å². The van der Waals surface area contributed by atoms with Crippen LogP contribution in [0.1, 0.15) is 18.9 Å². The zero-order valence-electron chi connectivity index (χ0n) is 19.3. The van der Waals surface area contributed by atoms with Crippen molar-refractivity contribution in [2.45, 2.75) is 19.8 Å². The molecule has 2 aromatic heterocycles. The normalized spacial score (nSPS) is 14.5. The number of nitrogens with zero attached hydrogens (tertiary/aromatic N) is 4. The minimum Gasteiger partial charge on any atom is -0.361 e. The van der Waals surface area contributed by atoms with Crippen molar-refractivity contribution in [3.05, 3.63) is 60.4 Å². The summed E-state index contributed by atoms with van der Waals surface area (Å²) in [6.07, 6.45) is 5.19. The Balaban J connectivity index is 1.21. The second-order valence-corrected chi connectivity index (χ2v) is 8.10. The quantitative estimate of drug-likeness (QED) is 0.365. The van der Waals surface area contributed by atoms with Gasteiger partial charge >= 0.3 is 0 Å². The molecule has 0 radical (unpaired) electrons. The summed E-state index contributed by atoms with van der Waals surface area (Å²) in [4.78, 5) is 29.1. The number of aromatic nitrogens is 2. The van der Waals surface area contributed by atoms with Gasteiger partial charge < -0.3 is 25.4 Å². The van der Waals surface area contributed by atoms with Gasteiger partial charge in [-0.05, 0) is 37.1 Å². The molecular formula is C25H33N7O. The number of carbonyl (C=O) groups is 1. The molecule has 1 amide bonds. The topological polar surface area (TPSA) is 88.7 Å². The lowest BCUT2D eigenvalue weighted by molar-refractivity contribution is -0.131. The van der Waals surface area contributed by atoms with Crippen molar-refractivity contribution in [3.63, 3.8) is 0 Å². The summed E-state index contributed by atoms with van der Waals surface area (Å²) in [5.41, 5.74) is 2.45. The Morgan fingerprint density at radius 2 is 1.91 bits per heavy atom. The van der Waals surface area contributed by atoms with Crippen LogP contribution in [-0.4, -0.2) is 72.5 Å². The van der Waals surface area contributed by atoms with Crippen LogP contribution in [0.3, 0.4) is 0 Å². The first-order valence-electron chi connectivity index (χ1n) is 11.8. The van der Waals surface area contributed by atoms with Gasteiger partial charge in [-0.3, -0.25) is 9.79 Å². The van der Waals surface area contributed by atoms with Gasteiger partial charge in [0, 0.05) is 69.0 Å². The van der Waals surface area contributed by atoms with E-state index < -0.39 is 0 Å². The standard InChI is InChI=1S/C25H33N7O/c1-2-26-25(28-13-10-20-19-30-22-8-4-3-7-21(20)22)29-14-11-24(33)32-17-15-31(16-18-32)23-9-5-6-12-27-23/h3-9,12,19,30H,2,10-11,13-18H2,1H3,(H2,26,28,29). The lowest BCUT2D eigenvalue weighted by Gasteiger charge is -2.35. The summed E-state index contributed by atoms with van der Waals surface area (Å²) in [6, 6.07) is 14.3. The summed E-state index contributed by atoms with van der Waals surface area (Å²) < 4.78 is 0. The molecule has 1 aliphatic rings. The van der Waals surface area contributed by atoms with E-state index in [9.17, 15) is 4.79 Å². The Bertz CT molecular complexity index is 1050. The monoisotopic (exact) mass is 447 g/mol. The molecule has 0 aliphatic carbocycles. The number of rotatable bonds is 8. The summed E-state index contributed by atoms with van der Waals surface area (Å²) in [5.74, 6) is 1.89. The number of fused-ring (bicyclic) bond motifs is 1. The lowest BCUT2D eigenvalue weighted by Crippen LogP contribution is -2.49. The Morgan fingerprint density at radius 1 is 1.09 bits per heavy atom. The second kappa shape index (κ2) is 11.4. The minimum absolute atomic E-state index is 0.161. The molecule has 0 unspecified atom stereocenters. The van der Waals surface area contributed by atoms with Gasteiger partial charge in [-0.2, -0.15) is 0 Å². The zero-order chi connectivity index (χ0) is 22.9. The fraction of sp³-hybridized carbons (Fsp3) is 0.400. The van der Waals surface area contributed by atoms with Crippen molar-refractivity contribution >= 4 is 28.6 Å². The van der Waals surface area contributed by atoms with Crippen molar-refractivity contribution in [1.82, 2.24) is 25.5 Å². The highest BCUT2D eigenvalue weighted by Crippen LogP contribution is 2.17. The number of guanidine groups is 1. The van der Waals surface area contributed by atoms with E-state index in [2.05, 4.69) is 54.9 Å². The number of nitrogens with one attached hydrogen (secondary N) is 3. The molecule has 3 heterocycles. The van der Waals surface area contributed by atoms with E-state index in [4.69, 9.17) is 0 Å². The van der Waals surface area contributed by atoms with Gasteiger partial charge in [0.25, 0.3) is 0 Å². The lowest BCUT2D eigenvalue weighted by atomic mass is 10.1. The molecule has 1 fully saturated rings. The number of anilines is 1. The van der Waals surface area contributed by atoms with Crippen LogP contribution in [-0.2, 0) is 11.2 Å². The number of aliphatic imine (C=N–C) groups is 1. The maximum atomic E-state index is 12.7. The zero-order valence-corrected chi connectivity index (χ0v) is 19.3. The highest BCUT2D eigenvalue weighted by Gasteiger charge is 2.21. The summed E-state index contributed by atoms with van der Waals surface area (Å²) in [5, 5.41) is 7.92. The molecule has 8 heteroatoms. The Labute approximate surface area is 195 Å². The second-order valence-electron chi connectivity index (χ2n) is 8.10. The molecule has 1 aliphatic heterocycles. The maximum absolute atomic E-state index is 12.7. The molecule has 174 valence electrons. The van der Waals surface area contributed by atoms with Crippen LogP contribution in [0.5, 0.6) is 0 Å². The Kier molecular flexibility index (Phi) is 7.79. The van der Waals surface area contributed by atoms with Gasteiger partial charge in [-0.15, -0.1) is 0 Å². The van der Waals surface area contributed by atoms with Gasteiger partial charge in [0.15, 0.2) is 5.96 Å². The largest absolute Gasteiger partial charge is 0.361 e. The molecule has 1 aromatic carbocycles. The first kappa shape index (κ1) is 22.6. The van der Waals surface area contributed by atoms with E-state index in [1.54, 1.807) is 6.20 Å². The van der Waals surface area contributed by atoms with E-state index in [0.717, 1.165) is 63.0 Å². The number of amides is 1. The van der Waals surface area contributed by atoms with E-state index in [0.29, 0.717) is 13.0 Å². The van der Waals surface area contributed by atoms with Gasteiger partial charge in [0.1, 0.15) is 5.82 Å². The van der Waals surface area contributed by atoms with Crippen LogP contribution in [0.15, 0.2) is 59.9 Å². The molecular weight excluding hydrogens is 414 g/mol. The average molecular weight is 448 g/mol. The highest BCUT2D eigenvalue weighted by molar-refractivity contribution is 5.83. The number of para-hydroxylation sites is 1. The van der Waals surface area contributed by atoms with Gasteiger partial charge in [0.2, 0.25) is 5.91 Å². The van der Waals surface area contributed by atoms with Crippen molar-refractivity contribution in [1.29, 1.82) is 0 Å². The van der Waals surface area contributed by atoms with Crippen molar-refractivity contribution < 1.29 is 4.79 Å². The van der Waals surface area contributed by atoms with Gasteiger partial charge in [-0.25, -0.2) is 4.98 Å². The molecule has 0 atom stereocenters. The number of aromatic amines is 1. The molecule has 0 bridgehead atoms. The predicted octanol–water partition coefficient (Wildman–Crippen LogP) is 2.40. The van der Waals surface area contributed by atoms with Crippen LogP contribution in [0.4, 0.5) is 5.82 Å². The number of hydrogen-bond acceptors (Lipinski definition) is 4. The molecule has 33 heavy (non-hydrogen) atoms. The SMILES string of the molecule is CCNC(=NCCC(=O)N1CCN(c2ccccn2)CC1)NCCc1c[nH]c2ccccc12. The first-order valence-corrected chi connectivity index (χ1v) is 11.8. The number of H-pyrrole nitrogens is 1. The number of piperazine rings is 1. The summed E-state index contributed by atoms with van der Waals surface area (Å²) in [7, 11) is 0. The summed E-state index contributed by atoms with van der Waals surface area (Å²) >= 11 is 0. The number of hydrogen-bond donors (Lipinski definition) is 3. The molecule has 0 spiro atoms. The van der Waals surface area contributed by atoms with Gasteiger partial charge in [0.05, 0.1) is 6.54 Å². The molecule has 3 aromatic rings. The van der Waals surface area contributed by atoms with Crippen molar-refractivity contribution in [3.8, 4) is 0 Å². The number of pyridine rings is 1. The fourth-order valence-corrected chi connectivity index (χ4v) is 4.14. The molecule has 4 rings (SSSR count). The first-order chi connectivity index (χ1) is 16.2. The van der Waals surface area contributed by atoms with Crippen LogP contribution in [0.25, 0.3) is 10.9 Å². The van der Waals surface area contributed by atoms with E-state index >= 15 is 0 Å².